The Labute approximate surface area is 103 Å². The van der Waals surface area contributed by atoms with Crippen LogP contribution in [0.2, 0.25) is 0 Å². The van der Waals surface area contributed by atoms with Crippen LogP contribution >= 0.6 is 12.2 Å². The lowest BCUT2D eigenvalue weighted by Crippen LogP contribution is -2.30. The summed E-state index contributed by atoms with van der Waals surface area (Å²) in [5, 5.41) is 7.21. The second-order valence-corrected chi connectivity index (χ2v) is 5.11. The molecule has 1 heterocycles. The van der Waals surface area contributed by atoms with Gasteiger partial charge in [0, 0.05) is 19.1 Å². The average molecular weight is 242 g/mol. The van der Waals surface area contributed by atoms with Gasteiger partial charge < -0.3 is 4.90 Å². The van der Waals surface area contributed by atoms with Crippen molar-refractivity contribution in [3.63, 3.8) is 0 Å². The fraction of sp³-hybridized carbons (Fsp3) is 0.818. The van der Waals surface area contributed by atoms with Gasteiger partial charge in [0.1, 0.15) is 0 Å². The Balaban J connectivity index is 3.05. The van der Waals surface area contributed by atoms with Crippen molar-refractivity contribution in [2.45, 2.75) is 40.7 Å². The zero-order valence-electron chi connectivity index (χ0n) is 10.8. The molecular weight excluding hydrogens is 220 g/mol. The molecule has 0 amide bonds. The lowest BCUT2D eigenvalue weighted by molar-refractivity contribution is 0.554. The summed E-state index contributed by atoms with van der Waals surface area (Å²) in [6.07, 6.45) is 0. The molecule has 0 bridgehead atoms. The molecule has 5 heteroatoms. The summed E-state index contributed by atoms with van der Waals surface area (Å²) in [5.74, 6) is 1.57. The zero-order valence-corrected chi connectivity index (χ0v) is 11.6. The van der Waals surface area contributed by atoms with Gasteiger partial charge in [0.05, 0.1) is 0 Å². The van der Waals surface area contributed by atoms with Crippen LogP contribution in [0.1, 0.15) is 40.7 Å². The van der Waals surface area contributed by atoms with Crippen LogP contribution in [0.25, 0.3) is 0 Å². The van der Waals surface area contributed by atoms with Crippen molar-refractivity contribution in [3.05, 3.63) is 4.77 Å². The van der Waals surface area contributed by atoms with Crippen molar-refractivity contribution >= 4 is 18.2 Å². The highest BCUT2D eigenvalue weighted by Gasteiger charge is 2.15. The van der Waals surface area contributed by atoms with Crippen LogP contribution in [0, 0.1) is 10.7 Å². The van der Waals surface area contributed by atoms with Crippen molar-refractivity contribution in [2.24, 2.45) is 5.92 Å². The van der Waals surface area contributed by atoms with Gasteiger partial charge in [-0.3, -0.25) is 4.57 Å². The summed E-state index contributed by atoms with van der Waals surface area (Å²) in [7, 11) is 0. The van der Waals surface area contributed by atoms with Crippen molar-refractivity contribution < 1.29 is 0 Å². The Kier molecular flexibility index (Phi) is 4.53. The van der Waals surface area contributed by atoms with Crippen LogP contribution in [0.4, 0.5) is 5.95 Å². The topological polar surface area (TPSA) is 36.9 Å². The average Bonchev–Trinajstić information content (AvgIpc) is 2.56. The van der Waals surface area contributed by atoms with E-state index in [4.69, 9.17) is 12.2 Å². The van der Waals surface area contributed by atoms with Crippen molar-refractivity contribution in [2.75, 3.05) is 18.0 Å². The molecular formula is C11H22N4S. The summed E-state index contributed by atoms with van der Waals surface area (Å²) < 4.78 is 2.77. The molecule has 0 aromatic carbocycles. The quantitative estimate of drug-likeness (QED) is 0.806. The molecule has 0 atom stereocenters. The second-order valence-electron chi connectivity index (χ2n) is 4.72. The summed E-state index contributed by atoms with van der Waals surface area (Å²) >= 11 is 5.25. The van der Waals surface area contributed by atoms with E-state index < -0.39 is 0 Å². The van der Waals surface area contributed by atoms with Crippen LogP contribution in [0.5, 0.6) is 0 Å². The van der Waals surface area contributed by atoms with E-state index in [2.05, 4.69) is 54.3 Å². The number of nitrogens with one attached hydrogen (secondary N) is 1. The monoisotopic (exact) mass is 242 g/mol. The second kappa shape index (κ2) is 5.48. The summed E-state index contributed by atoms with van der Waals surface area (Å²) in [6, 6.07) is 0.336. The summed E-state index contributed by atoms with van der Waals surface area (Å²) in [4.78, 5) is 2.26. The number of aromatic nitrogens is 3. The number of hydrogen-bond acceptors (Lipinski definition) is 3. The van der Waals surface area contributed by atoms with E-state index in [1.807, 2.05) is 0 Å². The van der Waals surface area contributed by atoms with Crippen LogP contribution < -0.4 is 4.90 Å². The summed E-state index contributed by atoms with van der Waals surface area (Å²) in [5.41, 5.74) is 0. The number of hydrogen-bond donors (Lipinski definition) is 1. The van der Waals surface area contributed by atoms with Gasteiger partial charge in [0.2, 0.25) is 5.95 Å². The zero-order chi connectivity index (χ0) is 12.3. The third-order valence-electron chi connectivity index (χ3n) is 2.45. The molecule has 16 heavy (non-hydrogen) atoms. The highest BCUT2D eigenvalue weighted by molar-refractivity contribution is 7.71. The van der Waals surface area contributed by atoms with E-state index >= 15 is 0 Å². The maximum Gasteiger partial charge on any atom is 0.225 e. The first-order chi connectivity index (χ1) is 7.47. The van der Waals surface area contributed by atoms with Crippen LogP contribution in [0.15, 0.2) is 0 Å². The molecule has 0 aliphatic heterocycles. The molecule has 0 radical (unpaired) electrons. The van der Waals surface area contributed by atoms with Crippen molar-refractivity contribution in [1.82, 2.24) is 14.8 Å². The predicted molar refractivity (Wildman–Crippen MR) is 70.5 cm³/mol. The van der Waals surface area contributed by atoms with Gasteiger partial charge >= 0.3 is 0 Å². The van der Waals surface area contributed by atoms with Crippen LogP contribution in [-0.2, 0) is 0 Å². The minimum Gasteiger partial charge on any atom is -0.341 e. The SMILES string of the molecule is CCN(CC(C)C)c1n[nH]c(=S)n1C(C)C. The molecule has 0 fully saturated rings. The van der Waals surface area contributed by atoms with Crippen molar-refractivity contribution in [1.29, 1.82) is 0 Å². The Morgan fingerprint density at radius 1 is 1.38 bits per heavy atom. The van der Waals surface area contributed by atoms with E-state index in [9.17, 15) is 0 Å². The normalized spacial score (nSPS) is 11.4. The fourth-order valence-corrected chi connectivity index (χ4v) is 2.12. The Morgan fingerprint density at radius 3 is 2.44 bits per heavy atom. The van der Waals surface area contributed by atoms with Gasteiger partial charge in [0.15, 0.2) is 4.77 Å². The largest absolute Gasteiger partial charge is 0.341 e. The molecule has 1 aromatic rings. The molecule has 0 saturated carbocycles. The van der Waals surface area contributed by atoms with E-state index in [-0.39, 0.29) is 0 Å². The van der Waals surface area contributed by atoms with Gasteiger partial charge in [-0.15, -0.1) is 5.10 Å². The van der Waals surface area contributed by atoms with Crippen molar-refractivity contribution in [3.8, 4) is 0 Å². The molecule has 0 saturated heterocycles. The molecule has 0 aliphatic carbocycles. The van der Waals surface area contributed by atoms with Gasteiger partial charge in [-0.25, -0.2) is 5.10 Å². The van der Waals surface area contributed by atoms with Gasteiger partial charge in [-0.2, -0.15) is 0 Å². The first-order valence-electron chi connectivity index (χ1n) is 5.89. The molecule has 1 N–H and O–H groups in total. The Bertz CT molecular complexity index is 378. The molecule has 0 aliphatic rings. The van der Waals surface area contributed by atoms with Gasteiger partial charge in [-0.1, -0.05) is 13.8 Å². The Hall–Kier alpha value is -0.840. The summed E-state index contributed by atoms with van der Waals surface area (Å²) in [6.45, 7) is 12.8. The third kappa shape index (κ3) is 2.84. The first kappa shape index (κ1) is 13.2. The number of anilines is 1. The molecule has 92 valence electrons. The number of nitrogens with zero attached hydrogens (tertiary/aromatic N) is 3. The first-order valence-corrected chi connectivity index (χ1v) is 6.30. The maximum atomic E-state index is 5.25. The molecule has 0 spiro atoms. The lowest BCUT2D eigenvalue weighted by atomic mass is 10.2. The van der Waals surface area contributed by atoms with E-state index in [0.29, 0.717) is 16.7 Å². The van der Waals surface area contributed by atoms with Crippen LogP contribution in [-0.4, -0.2) is 27.9 Å². The van der Waals surface area contributed by atoms with Crippen LogP contribution in [0.3, 0.4) is 0 Å². The van der Waals surface area contributed by atoms with E-state index in [0.717, 1.165) is 19.0 Å². The highest BCUT2D eigenvalue weighted by Crippen LogP contribution is 2.18. The van der Waals surface area contributed by atoms with Gasteiger partial charge in [-0.05, 0) is 38.9 Å². The smallest absolute Gasteiger partial charge is 0.225 e. The molecule has 1 rings (SSSR count). The standard InChI is InChI=1S/C11H22N4S/c1-6-14(7-8(2)3)10-12-13-11(16)15(10)9(4)5/h8-9H,6-7H2,1-5H3,(H,13,16). The number of rotatable bonds is 5. The fourth-order valence-electron chi connectivity index (χ4n) is 1.78. The maximum absolute atomic E-state index is 5.25. The predicted octanol–water partition coefficient (Wildman–Crippen LogP) is 3.00. The van der Waals surface area contributed by atoms with E-state index in [1.165, 1.54) is 0 Å². The Morgan fingerprint density at radius 2 is 2.00 bits per heavy atom. The number of H-pyrrole nitrogens is 1. The molecule has 0 unspecified atom stereocenters. The molecule has 1 aromatic heterocycles. The number of aromatic amines is 1. The van der Waals surface area contributed by atoms with E-state index in [1.54, 1.807) is 0 Å². The lowest BCUT2D eigenvalue weighted by Gasteiger charge is -2.25. The highest BCUT2D eigenvalue weighted by atomic mass is 32.1. The third-order valence-corrected chi connectivity index (χ3v) is 2.74. The molecule has 4 nitrogen and oxygen atoms in total. The minimum absolute atomic E-state index is 0.336. The minimum atomic E-state index is 0.336. The van der Waals surface area contributed by atoms with Gasteiger partial charge in [0.25, 0.3) is 0 Å².